The molecule has 0 spiro atoms. The van der Waals surface area contributed by atoms with Gasteiger partial charge in [-0.05, 0) is 65.1 Å². The van der Waals surface area contributed by atoms with E-state index in [0.717, 1.165) is 18.8 Å². The molecule has 0 bridgehead atoms. The zero-order valence-corrected chi connectivity index (χ0v) is 23.1. The number of nitrogens with zero attached hydrogens (tertiary/aromatic N) is 1. The first-order valence-corrected chi connectivity index (χ1v) is 14.5. The maximum absolute atomic E-state index is 11.0. The van der Waals surface area contributed by atoms with Gasteiger partial charge in [0.2, 0.25) is 0 Å². The number of allylic oxidation sites excluding steroid dienone is 2. The second-order valence-corrected chi connectivity index (χ2v) is 10.4. The summed E-state index contributed by atoms with van der Waals surface area (Å²) in [5.41, 5.74) is 0. The minimum atomic E-state index is -0.0737. The molecule has 3 heteroatoms. The molecule has 0 heterocycles. The van der Waals surface area contributed by atoms with Gasteiger partial charge in [-0.15, -0.1) is 0 Å². The minimum Gasteiger partial charge on any atom is -0.469 e. The van der Waals surface area contributed by atoms with E-state index < -0.39 is 0 Å². The average molecular weight is 466 g/mol. The Morgan fingerprint density at radius 2 is 1.18 bits per heavy atom. The van der Waals surface area contributed by atoms with Crippen LogP contribution in [0.2, 0.25) is 0 Å². The summed E-state index contributed by atoms with van der Waals surface area (Å²) < 4.78 is 4.67. The standard InChI is InChI=1S/C30H59NO2/c1-5-6-7-21-24-29(27-28-31(2)3)25-22-19-17-15-13-11-9-8-10-12-14-16-18-20-23-26-30(32)33-4/h8,10,29H,5-7,9,11-28H2,1-4H3. The highest BCUT2D eigenvalue weighted by Gasteiger charge is 2.09. The van der Waals surface area contributed by atoms with Crippen molar-refractivity contribution < 1.29 is 9.53 Å². The molecule has 1 atom stereocenters. The van der Waals surface area contributed by atoms with Crippen molar-refractivity contribution in [1.82, 2.24) is 4.90 Å². The molecule has 0 aliphatic rings. The molecular weight excluding hydrogens is 406 g/mol. The van der Waals surface area contributed by atoms with Gasteiger partial charge in [-0.2, -0.15) is 0 Å². The van der Waals surface area contributed by atoms with Gasteiger partial charge < -0.3 is 9.64 Å². The molecule has 0 amide bonds. The Morgan fingerprint density at radius 1 is 0.697 bits per heavy atom. The normalized spacial score (nSPS) is 12.6. The predicted molar refractivity (Wildman–Crippen MR) is 146 cm³/mol. The Morgan fingerprint density at radius 3 is 1.70 bits per heavy atom. The second-order valence-electron chi connectivity index (χ2n) is 10.4. The molecular formula is C30H59NO2. The van der Waals surface area contributed by atoms with E-state index in [-0.39, 0.29) is 5.97 Å². The number of hydrogen-bond donors (Lipinski definition) is 0. The summed E-state index contributed by atoms with van der Waals surface area (Å²) in [6.45, 7) is 3.56. The fourth-order valence-corrected chi connectivity index (χ4v) is 4.54. The van der Waals surface area contributed by atoms with E-state index in [4.69, 9.17) is 0 Å². The van der Waals surface area contributed by atoms with Crippen LogP contribution in [0.15, 0.2) is 12.2 Å². The van der Waals surface area contributed by atoms with Gasteiger partial charge in [-0.25, -0.2) is 0 Å². The maximum atomic E-state index is 11.0. The number of esters is 1. The number of methoxy groups -OCH3 is 1. The van der Waals surface area contributed by atoms with Crippen molar-refractivity contribution in [2.45, 2.75) is 142 Å². The molecule has 0 aromatic rings. The zero-order chi connectivity index (χ0) is 24.4. The quantitative estimate of drug-likeness (QED) is 0.0764. The summed E-state index contributed by atoms with van der Waals surface area (Å²) in [7, 11) is 5.89. The molecule has 196 valence electrons. The monoisotopic (exact) mass is 465 g/mol. The van der Waals surface area contributed by atoms with Crippen LogP contribution in [0.25, 0.3) is 0 Å². The lowest BCUT2D eigenvalue weighted by Crippen LogP contribution is -2.17. The molecule has 0 radical (unpaired) electrons. The van der Waals surface area contributed by atoms with Gasteiger partial charge in [-0.3, -0.25) is 4.79 Å². The van der Waals surface area contributed by atoms with Crippen LogP contribution in [0.1, 0.15) is 142 Å². The van der Waals surface area contributed by atoms with E-state index >= 15 is 0 Å². The highest BCUT2D eigenvalue weighted by atomic mass is 16.5. The molecule has 0 aromatic heterocycles. The topological polar surface area (TPSA) is 29.5 Å². The number of ether oxygens (including phenoxy) is 1. The molecule has 0 rings (SSSR count). The van der Waals surface area contributed by atoms with E-state index in [9.17, 15) is 4.79 Å². The highest BCUT2D eigenvalue weighted by Crippen LogP contribution is 2.22. The second kappa shape index (κ2) is 25.8. The molecule has 1 unspecified atom stereocenters. The first kappa shape index (κ1) is 32.2. The maximum Gasteiger partial charge on any atom is 0.305 e. The summed E-state index contributed by atoms with van der Waals surface area (Å²) >= 11 is 0. The summed E-state index contributed by atoms with van der Waals surface area (Å²) in [5.74, 6) is 0.879. The van der Waals surface area contributed by atoms with E-state index in [1.165, 1.54) is 129 Å². The molecule has 0 N–H and O–H groups in total. The van der Waals surface area contributed by atoms with Gasteiger partial charge in [0.05, 0.1) is 7.11 Å². The lowest BCUT2D eigenvalue weighted by atomic mass is 9.91. The molecule has 3 nitrogen and oxygen atoms in total. The Bertz CT molecular complexity index is 433. The third-order valence-electron chi connectivity index (χ3n) is 6.83. The number of rotatable bonds is 25. The third kappa shape index (κ3) is 25.6. The van der Waals surface area contributed by atoms with Crippen LogP contribution in [0.3, 0.4) is 0 Å². The number of hydrogen-bond acceptors (Lipinski definition) is 3. The summed E-state index contributed by atoms with van der Waals surface area (Å²) in [5, 5.41) is 0. The van der Waals surface area contributed by atoms with Crippen molar-refractivity contribution in [2.75, 3.05) is 27.7 Å². The average Bonchev–Trinajstić information content (AvgIpc) is 2.81. The minimum absolute atomic E-state index is 0.0737. The van der Waals surface area contributed by atoms with Crippen LogP contribution in [0.5, 0.6) is 0 Å². The highest BCUT2D eigenvalue weighted by molar-refractivity contribution is 5.68. The molecule has 0 aromatic carbocycles. The summed E-state index contributed by atoms with van der Waals surface area (Å²) in [6.07, 6.45) is 32.1. The van der Waals surface area contributed by atoms with Gasteiger partial charge in [0.1, 0.15) is 0 Å². The fraction of sp³-hybridized carbons (Fsp3) is 0.900. The lowest BCUT2D eigenvalue weighted by molar-refractivity contribution is -0.140. The molecule has 0 fully saturated rings. The number of unbranched alkanes of at least 4 members (excludes halogenated alkanes) is 14. The Labute approximate surface area is 208 Å². The van der Waals surface area contributed by atoms with Gasteiger partial charge in [-0.1, -0.05) is 109 Å². The Balaban J connectivity index is 3.49. The SMILES string of the molecule is CCCCCCC(CCCCCCCCC=CCCCCCCCC(=O)OC)CCN(C)C. The van der Waals surface area contributed by atoms with E-state index in [1.807, 2.05) is 0 Å². The van der Waals surface area contributed by atoms with Gasteiger partial charge in [0, 0.05) is 6.42 Å². The summed E-state index contributed by atoms with van der Waals surface area (Å²) in [4.78, 5) is 13.4. The van der Waals surface area contributed by atoms with Crippen LogP contribution in [-0.4, -0.2) is 38.6 Å². The zero-order valence-electron chi connectivity index (χ0n) is 23.1. The van der Waals surface area contributed by atoms with Crippen molar-refractivity contribution in [3.63, 3.8) is 0 Å². The molecule has 33 heavy (non-hydrogen) atoms. The number of carbonyl (C=O) groups is 1. The third-order valence-corrected chi connectivity index (χ3v) is 6.83. The van der Waals surface area contributed by atoms with Gasteiger partial charge in [0.15, 0.2) is 0 Å². The molecule has 0 saturated carbocycles. The fourth-order valence-electron chi connectivity index (χ4n) is 4.54. The summed E-state index contributed by atoms with van der Waals surface area (Å²) in [6, 6.07) is 0. The predicted octanol–water partition coefficient (Wildman–Crippen LogP) is 9.11. The van der Waals surface area contributed by atoms with Crippen molar-refractivity contribution in [3.05, 3.63) is 12.2 Å². The van der Waals surface area contributed by atoms with Crippen LogP contribution < -0.4 is 0 Å². The smallest absolute Gasteiger partial charge is 0.305 e. The van der Waals surface area contributed by atoms with Crippen molar-refractivity contribution >= 4 is 5.97 Å². The van der Waals surface area contributed by atoms with E-state index in [0.29, 0.717) is 6.42 Å². The van der Waals surface area contributed by atoms with Crippen LogP contribution in [0.4, 0.5) is 0 Å². The largest absolute Gasteiger partial charge is 0.469 e. The molecule has 0 aliphatic carbocycles. The van der Waals surface area contributed by atoms with Crippen LogP contribution in [0, 0.1) is 5.92 Å². The first-order chi connectivity index (χ1) is 16.1. The van der Waals surface area contributed by atoms with Gasteiger partial charge in [0.25, 0.3) is 0 Å². The van der Waals surface area contributed by atoms with Crippen molar-refractivity contribution in [3.8, 4) is 0 Å². The van der Waals surface area contributed by atoms with Crippen molar-refractivity contribution in [2.24, 2.45) is 5.92 Å². The first-order valence-electron chi connectivity index (χ1n) is 14.5. The Hall–Kier alpha value is -0.830. The van der Waals surface area contributed by atoms with E-state index in [2.05, 4.69) is 42.8 Å². The lowest BCUT2D eigenvalue weighted by Gasteiger charge is -2.19. The molecule has 0 saturated heterocycles. The molecule has 0 aliphatic heterocycles. The van der Waals surface area contributed by atoms with Gasteiger partial charge >= 0.3 is 5.97 Å². The van der Waals surface area contributed by atoms with Crippen LogP contribution in [-0.2, 0) is 9.53 Å². The Kier molecular flexibility index (Phi) is 25.1. The van der Waals surface area contributed by atoms with Crippen LogP contribution >= 0.6 is 0 Å². The number of carbonyl (C=O) groups excluding carboxylic acids is 1. The van der Waals surface area contributed by atoms with Crippen molar-refractivity contribution in [1.29, 1.82) is 0 Å². The van der Waals surface area contributed by atoms with E-state index in [1.54, 1.807) is 0 Å².